The van der Waals surface area contributed by atoms with Crippen molar-refractivity contribution in [1.29, 1.82) is 0 Å². The molecule has 4 heteroatoms. The lowest BCUT2D eigenvalue weighted by Crippen LogP contribution is -2.36. The fourth-order valence-corrected chi connectivity index (χ4v) is 3.79. The highest BCUT2D eigenvalue weighted by Crippen LogP contribution is 2.31. The van der Waals surface area contributed by atoms with Crippen LogP contribution in [-0.2, 0) is 6.54 Å². The van der Waals surface area contributed by atoms with Crippen molar-refractivity contribution in [1.82, 2.24) is 10.3 Å². The molecule has 3 nitrogen and oxygen atoms in total. The Hall–Kier alpha value is -0.610. The van der Waals surface area contributed by atoms with Gasteiger partial charge in [-0.3, -0.25) is 0 Å². The van der Waals surface area contributed by atoms with E-state index >= 15 is 0 Å². The van der Waals surface area contributed by atoms with Crippen LogP contribution in [0.25, 0.3) is 0 Å². The SMILES string of the molecule is CC(C)CN(c1ncc(CNC(C)(C)C)s1)C1CCCC1. The van der Waals surface area contributed by atoms with E-state index < -0.39 is 0 Å². The number of hydrogen-bond acceptors (Lipinski definition) is 4. The van der Waals surface area contributed by atoms with Crippen molar-refractivity contribution in [2.45, 2.75) is 78.4 Å². The maximum atomic E-state index is 4.72. The third-order valence-electron chi connectivity index (χ3n) is 3.91. The molecule has 120 valence electrons. The van der Waals surface area contributed by atoms with Crippen molar-refractivity contribution in [3.05, 3.63) is 11.1 Å². The lowest BCUT2D eigenvalue weighted by molar-refractivity contribution is 0.426. The van der Waals surface area contributed by atoms with Crippen LogP contribution in [0.5, 0.6) is 0 Å². The first kappa shape index (κ1) is 16.8. The maximum Gasteiger partial charge on any atom is 0.185 e. The third kappa shape index (κ3) is 5.26. The van der Waals surface area contributed by atoms with Crippen molar-refractivity contribution >= 4 is 16.5 Å². The number of aromatic nitrogens is 1. The molecule has 1 aliphatic carbocycles. The minimum atomic E-state index is 0.160. The summed E-state index contributed by atoms with van der Waals surface area (Å²) in [6.07, 6.45) is 7.48. The monoisotopic (exact) mass is 309 g/mol. The first-order valence-corrected chi connectivity index (χ1v) is 9.13. The van der Waals surface area contributed by atoms with E-state index in [-0.39, 0.29) is 5.54 Å². The molecular weight excluding hydrogens is 278 g/mol. The number of hydrogen-bond donors (Lipinski definition) is 1. The highest BCUT2D eigenvalue weighted by atomic mass is 32.1. The van der Waals surface area contributed by atoms with E-state index in [0.29, 0.717) is 12.0 Å². The van der Waals surface area contributed by atoms with Gasteiger partial charge in [-0.2, -0.15) is 0 Å². The van der Waals surface area contributed by atoms with Crippen LogP contribution >= 0.6 is 11.3 Å². The minimum Gasteiger partial charge on any atom is -0.345 e. The standard InChI is InChI=1S/C17H31N3S/c1-13(2)12-20(14-8-6-7-9-14)16-18-10-15(21-16)11-19-17(3,4)5/h10,13-14,19H,6-9,11-12H2,1-5H3. The molecule has 21 heavy (non-hydrogen) atoms. The lowest BCUT2D eigenvalue weighted by Gasteiger charge is -2.30. The van der Waals surface area contributed by atoms with Gasteiger partial charge in [-0.05, 0) is 39.5 Å². The summed E-state index contributed by atoms with van der Waals surface area (Å²) in [6.45, 7) is 13.3. The maximum absolute atomic E-state index is 4.72. The van der Waals surface area contributed by atoms with Crippen LogP contribution in [0, 0.1) is 5.92 Å². The number of rotatable bonds is 6. The van der Waals surface area contributed by atoms with Crippen LogP contribution in [0.2, 0.25) is 0 Å². The van der Waals surface area contributed by atoms with Gasteiger partial charge in [0, 0.05) is 35.7 Å². The van der Waals surface area contributed by atoms with Gasteiger partial charge >= 0.3 is 0 Å². The first-order valence-electron chi connectivity index (χ1n) is 8.31. The summed E-state index contributed by atoms with van der Waals surface area (Å²) in [5.41, 5.74) is 0.160. The second kappa shape index (κ2) is 7.10. The molecule has 1 heterocycles. The quantitative estimate of drug-likeness (QED) is 0.842. The van der Waals surface area contributed by atoms with E-state index in [1.807, 2.05) is 11.3 Å². The van der Waals surface area contributed by atoms with Gasteiger partial charge in [-0.1, -0.05) is 26.7 Å². The van der Waals surface area contributed by atoms with Gasteiger partial charge in [-0.25, -0.2) is 4.98 Å². The Morgan fingerprint density at radius 3 is 2.57 bits per heavy atom. The summed E-state index contributed by atoms with van der Waals surface area (Å²) in [5, 5.41) is 4.78. The predicted molar refractivity (Wildman–Crippen MR) is 93.1 cm³/mol. The smallest absolute Gasteiger partial charge is 0.185 e. The largest absolute Gasteiger partial charge is 0.345 e. The molecule has 2 rings (SSSR count). The fraction of sp³-hybridized carbons (Fsp3) is 0.824. The fourth-order valence-electron chi connectivity index (χ4n) is 2.86. The second-order valence-corrected chi connectivity index (χ2v) is 8.79. The van der Waals surface area contributed by atoms with Gasteiger partial charge in [0.05, 0.1) is 0 Å². The molecule has 1 aliphatic rings. The zero-order chi connectivity index (χ0) is 15.5. The molecule has 0 saturated heterocycles. The van der Waals surface area contributed by atoms with Crippen molar-refractivity contribution in [2.75, 3.05) is 11.4 Å². The highest BCUT2D eigenvalue weighted by molar-refractivity contribution is 7.15. The number of nitrogens with zero attached hydrogens (tertiary/aromatic N) is 2. The molecule has 0 aliphatic heterocycles. The van der Waals surface area contributed by atoms with Crippen LogP contribution in [0.3, 0.4) is 0 Å². The van der Waals surface area contributed by atoms with E-state index in [1.54, 1.807) is 0 Å². The van der Waals surface area contributed by atoms with E-state index in [2.05, 4.69) is 51.0 Å². The summed E-state index contributed by atoms with van der Waals surface area (Å²) in [5.74, 6) is 0.686. The van der Waals surface area contributed by atoms with Crippen molar-refractivity contribution in [3.8, 4) is 0 Å². The third-order valence-corrected chi connectivity index (χ3v) is 4.94. The van der Waals surface area contributed by atoms with Gasteiger partial charge in [0.25, 0.3) is 0 Å². The van der Waals surface area contributed by atoms with E-state index in [0.717, 1.165) is 13.1 Å². The van der Waals surface area contributed by atoms with Crippen molar-refractivity contribution in [2.24, 2.45) is 5.92 Å². The summed E-state index contributed by atoms with van der Waals surface area (Å²) in [7, 11) is 0. The molecule has 0 spiro atoms. The molecule has 0 unspecified atom stereocenters. The molecule has 1 aromatic rings. The van der Waals surface area contributed by atoms with E-state index in [9.17, 15) is 0 Å². The van der Waals surface area contributed by atoms with Gasteiger partial charge in [0.2, 0.25) is 0 Å². The number of nitrogens with one attached hydrogen (secondary N) is 1. The summed E-state index contributed by atoms with van der Waals surface area (Å²) >= 11 is 1.86. The molecule has 1 aromatic heterocycles. The Morgan fingerprint density at radius 2 is 2.00 bits per heavy atom. The molecule has 0 amide bonds. The molecule has 0 aromatic carbocycles. The average molecular weight is 310 g/mol. The molecular formula is C17H31N3S. The van der Waals surface area contributed by atoms with Crippen LogP contribution < -0.4 is 10.2 Å². The van der Waals surface area contributed by atoms with E-state index in [4.69, 9.17) is 4.98 Å². The Balaban J connectivity index is 2.04. The molecule has 0 atom stereocenters. The Bertz CT molecular complexity index is 427. The summed E-state index contributed by atoms with van der Waals surface area (Å²) < 4.78 is 0. The van der Waals surface area contributed by atoms with Gasteiger partial charge in [0.1, 0.15) is 0 Å². The average Bonchev–Trinajstić information content (AvgIpc) is 3.04. The lowest BCUT2D eigenvalue weighted by atomic mass is 10.1. The minimum absolute atomic E-state index is 0.160. The zero-order valence-electron chi connectivity index (χ0n) is 14.3. The van der Waals surface area contributed by atoms with Crippen molar-refractivity contribution < 1.29 is 0 Å². The van der Waals surface area contributed by atoms with Gasteiger partial charge in [0.15, 0.2) is 5.13 Å². The zero-order valence-corrected chi connectivity index (χ0v) is 15.1. The Morgan fingerprint density at radius 1 is 1.33 bits per heavy atom. The summed E-state index contributed by atoms with van der Waals surface area (Å²) in [4.78, 5) is 8.63. The molecule has 0 bridgehead atoms. The second-order valence-electron chi connectivity index (χ2n) is 7.70. The summed E-state index contributed by atoms with van der Waals surface area (Å²) in [6, 6.07) is 0.710. The molecule has 1 fully saturated rings. The normalized spacial score (nSPS) is 16.9. The van der Waals surface area contributed by atoms with E-state index in [1.165, 1.54) is 35.7 Å². The molecule has 0 radical (unpaired) electrons. The highest BCUT2D eigenvalue weighted by Gasteiger charge is 2.25. The van der Waals surface area contributed by atoms with Crippen molar-refractivity contribution in [3.63, 3.8) is 0 Å². The predicted octanol–water partition coefficient (Wildman–Crippen LogP) is 4.44. The Kier molecular flexibility index (Phi) is 5.67. The topological polar surface area (TPSA) is 28.2 Å². The number of thiazole rings is 1. The molecule has 1 N–H and O–H groups in total. The van der Waals surface area contributed by atoms with Crippen LogP contribution in [0.4, 0.5) is 5.13 Å². The van der Waals surface area contributed by atoms with Gasteiger partial charge < -0.3 is 10.2 Å². The number of anilines is 1. The first-order chi connectivity index (χ1) is 9.85. The van der Waals surface area contributed by atoms with Gasteiger partial charge in [-0.15, -0.1) is 11.3 Å². The molecule has 1 saturated carbocycles. The van der Waals surface area contributed by atoms with Crippen LogP contribution in [0.15, 0.2) is 6.20 Å². The van der Waals surface area contributed by atoms with Crippen LogP contribution in [-0.4, -0.2) is 23.1 Å². The Labute approximate surface area is 134 Å². The van der Waals surface area contributed by atoms with Crippen LogP contribution in [0.1, 0.15) is 65.2 Å².